The molecule has 0 atom stereocenters. The van der Waals surface area contributed by atoms with E-state index in [9.17, 15) is 18.4 Å². The topological polar surface area (TPSA) is 105 Å². The van der Waals surface area contributed by atoms with Crippen LogP contribution >= 0.6 is 0 Å². The van der Waals surface area contributed by atoms with Gasteiger partial charge in [-0.1, -0.05) is 6.07 Å². The van der Waals surface area contributed by atoms with Crippen molar-refractivity contribution in [3.63, 3.8) is 0 Å². The van der Waals surface area contributed by atoms with Crippen molar-refractivity contribution in [2.45, 2.75) is 0 Å². The monoisotopic (exact) mass is 445 g/mol. The second-order valence-corrected chi connectivity index (χ2v) is 6.52. The van der Waals surface area contributed by atoms with Gasteiger partial charge in [-0.05, 0) is 30.3 Å². The van der Waals surface area contributed by atoms with Crippen LogP contribution in [0.5, 0.6) is 11.5 Å². The van der Waals surface area contributed by atoms with Gasteiger partial charge in [0.15, 0.2) is 11.6 Å². The second kappa shape index (κ2) is 10.9. The summed E-state index contributed by atoms with van der Waals surface area (Å²) in [5.41, 5.74) is 6.30. The maximum Gasteiger partial charge on any atom is 0.412 e. The maximum absolute atomic E-state index is 13.4. The van der Waals surface area contributed by atoms with Gasteiger partial charge < -0.3 is 29.8 Å². The summed E-state index contributed by atoms with van der Waals surface area (Å²) < 4.78 is 43.6. The van der Waals surface area contributed by atoms with Gasteiger partial charge in [-0.25, -0.2) is 13.6 Å². The summed E-state index contributed by atoms with van der Waals surface area (Å²) in [4.78, 5) is 23.2. The van der Waals surface area contributed by atoms with Gasteiger partial charge in [0.05, 0.1) is 18.8 Å². The van der Waals surface area contributed by atoms with E-state index in [-0.39, 0.29) is 32.1 Å². The molecule has 0 aliphatic rings. The van der Waals surface area contributed by atoms with Crippen molar-refractivity contribution in [1.82, 2.24) is 9.88 Å². The van der Waals surface area contributed by atoms with Crippen molar-refractivity contribution < 1.29 is 32.6 Å². The summed E-state index contributed by atoms with van der Waals surface area (Å²) in [5, 5.41) is 2.54. The fourth-order valence-electron chi connectivity index (χ4n) is 2.68. The third-order valence-corrected chi connectivity index (χ3v) is 4.20. The number of nitrogens with one attached hydrogen (secondary N) is 1. The summed E-state index contributed by atoms with van der Waals surface area (Å²) >= 11 is 0. The van der Waals surface area contributed by atoms with E-state index in [1.165, 1.54) is 6.07 Å². The predicted octanol–water partition coefficient (Wildman–Crippen LogP) is 3.04. The maximum atomic E-state index is 13.4. The molecule has 32 heavy (non-hydrogen) atoms. The number of nitrogens with zero attached hydrogens (tertiary/aromatic N) is 1. The lowest BCUT2D eigenvalue weighted by Crippen LogP contribution is -2.30. The third-order valence-electron chi connectivity index (χ3n) is 4.20. The minimum absolute atomic E-state index is 0.0651. The minimum Gasteiger partial charge on any atom is -0.488 e. The lowest BCUT2D eigenvalue weighted by atomic mass is 10.3. The molecule has 1 heterocycles. The Morgan fingerprint density at radius 2 is 1.88 bits per heavy atom. The predicted molar refractivity (Wildman–Crippen MR) is 111 cm³/mol. The zero-order valence-electron chi connectivity index (χ0n) is 16.9. The van der Waals surface area contributed by atoms with E-state index in [0.717, 1.165) is 12.1 Å². The van der Waals surface area contributed by atoms with Crippen molar-refractivity contribution >= 4 is 12.0 Å². The van der Waals surface area contributed by atoms with E-state index in [2.05, 4.69) is 5.32 Å². The SMILES string of the molecule is NC(=O)c1ccn(-c2cccc(OC(=O)NCCOCCOc3ccc(F)cc3F)c2)c1. The Balaban J connectivity index is 1.35. The number of nitrogens with two attached hydrogens (primary N) is 1. The molecule has 2 amide bonds. The van der Waals surface area contributed by atoms with Crippen LogP contribution in [0.25, 0.3) is 5.69 Å². The van der Waals surface area contributed by atoms with E-state index in [0.29, 0.717) is 17.0 Å². The number of aromatic nitrogens is 1. The van der Waals surface area contributed by atoms with Crippen LogP contribution in [0, 0.1) is 11.6 Å². The molecule has 0 bridgehead atoms. The second-order valence-electron chi connectivity index (χ2n) is 6.52. The van der Waals surface area contributed by atoms with Crippen molar-refractivity contribution in [1.29, 1.82) is 0 Å². The first-order valence-corrected chi connectivity index (χ1v) is 9.62. The largest absolute Gasteiger partial charge is 0.488 e. The molecule has 0 spiro atoms. The molecule has 0 saturated carbocycles. The molecule has 0 aliphatic heterocycles. The van der Waals surface area contributed by atoms with Gasteiger partial charge in [-0.3, -0.25) is 4.79 Å². The number of carbonyl (C=O) groups is 2. The number of hydrogen-bond donors (Lipinski definition) is 2. The Hall–Kier alpha value is -3.92. The Bertz CT molecular complexity index is 1090. The molecular formula is C22H21F2N3O5. The van der Waals surface area contributed by atoms with Gasteiger partial charge in [-0.15, -0.1) is 0 Å². The number of primary amides is 1. The van der Waals surface area contributed by atoms with Crippen LogP contribution in [-0.2, 0) is 4.74 Å². The quantitative estimate of drug-likeness (QED) is 0.467. The van der Waals surface area contributed by atoms with Crippen LogP contribution < -0.4 is 20.5 Å². The molecule has 8 nitrogen and oxygen atoms in total. The molecule has 168 valence electrons. The molecule has 0 aliphatic carbocycles. The Morgan fingerprint density at radius 3 is 2.62 bits per heavy atom. The number of ether oxygens (including phenoxy) is 3. The van der Waals surface area contributed by atoms with Gasteiger partial charge in [0, 0.05) is 36.8 Å². The Morgan fingerprint density at radius 1 is 1.03 bits per heavy atom. The molecule has 2 aromatic carbocycles. The number of hydrogen-bond acceptors (Lipinski definition) is 5. The first-order valence-electron chi connectivity index (χ1n) is 9.62. The first-order chi connectivity index (χ1) is 15.4. The van der Waals surface area contributed by atoms with Crippen LogP contribution in [0.2, 0.25) is 0 Å². The molecule has 3 rings (SSSR count). The zero-order valence-corrected chi connectivity index (χ0v) is 16.9. The summed E-state index contributed by atoms with van der Waals surface area (Å²) in [6.07, 6.45) is 2.58. The standard InChI is InChI=1S/C22H21F2N3O5/c23-16-4-5-20(19(24)12-16)31-11-10-30-9-7-26-22(29)32-18-3-1-2-17(13-18)27-8-6-15(14-27)21(25)28/h1-6,8,12-14H,7,9-11H2,(H2,25,28)(H,26,29). The molecule has 3 aromatic rings. The number of halogens is 2. The molecule has 1 aromatic heterocycles. The molecule has 0 unspecified atom stereocenters. The average Bonchev–Trinajstić information content (AvgIpc) is 3.25. The van der Waals surface area contributed by atoms with Gasteiger partial charge in [0.2, 0.25) is 5.91 Å². The first kappa shape index (κ1) is 22.8. The number of benzene rings is 2. The average molecular weight is 445 g/mol. The van der Waals surface area contributed by atoms with Crippen LogP contribution in [0.3, 0.4) is 0 Å². The Labute approximate surface area is 182 Å². The van der Waals surface area contributed by atoms with Crippen molar-refractivity contribution in [3.05, 3.63) is 78.1 Å². The highest BCUT2D eigenvalue weighted by Crippen LogP contribution is 2.18. The van der Waals surface area contributed by atoms with Gasteiger partial charge in [-0.2, -0.15) is 0 Å². The summed E-state index contributed by atoms with van der Waals surface area (Å²) in [7, 11) is 0. The Kier molecular flexibility index (Phi) is 7.76. The molecule has 0 fully saturated rings. The molecular weight excluding hydrogens is 424 g/mol. The molecule has 0 radical (unpaired) electrons. The van der Waals surface area contributed by atoms with Gasteiger partial charge in [0.25, 0.3) is 0 Å². The number of rotatable bonds is 10. The summed E-state index contributed by atoms with van der Waals surface area (Å²) in [6.45, 7) is 0.586. The van der Waals surface area contributed by atoms with Crippen molar-refractivity contribution in [2.24, 2.45) is 5.73 Å². The fraction of sp³-hybridized carbons (Fsp3) is 0.182. The van der Waals surface area contributed by atoms with Gasteiger partial charge in [0.1, 0.15) is 18.2 Å². The highest BCUT2D eigenvalue weighted by Gasteiger charge is 2.08. The minimum atomic E-state index is -0.788. The fourth-order valence-corrected chi connectivity index (χ4v) is 2.68. The molecule has 10 heteroatoms. The van der Waals surface area contributed by atoms with Crippen LogP contribution in [-0.4, -0.2) is 42.9 Å². The summed E-state index contributed by atoms with van der Waals surface area (Å²) in [5.74, 6) is -1.76. The lowest BCUT2D eigenvalue weighted by Gasteiger charge is -2.10. The van der Waals surface area contributed by atoms with Crippen LogP contribution in [0.1, 0.15) is 10.4 Å². The highest BCUT2D eigenvalue weighted by atomic mass is 19.1. The van der Waals surface area contributed by atoms with E-state index in [1.807, 2.05) is 0 Å². The number of carbonyl (C=O) groups excluding carboxylic acids is 2. The summed E-state index contributed by atoms with van der Waals surface area (Å²) in [6, 6.07) is 11.3. The van der Waals surface area contributed by atoms with Crippen LogP contribution in [0.15, 0.2) is 60.9 Å². The highest BCUT2D eigenvalue weighted by molar-refractivity contribution is 5.92. The van der Waals surface area contributed by atoms with Crippen molar-refractivity contribution in [2.75, 3.05) is 26.4 Å². The van der Waals surface area contributed by atoms with Gasteiger partial charge >= 0.3 is 6.09 Å². The van der Waals surface area contributed by atoms with Crippen molar-refractivity contribution in [3.8, 4) is 17.2 Å². The normalized spacial score (nSPS) is 10.6. The van der Waals surface area contributed by atoms with Crippen LogP contribution in [0.4, 0.5) is 13.6 Å². The number of amides is 2. The lowest BCUT2D eigenvalue weighted by molar-refractivity contribution is 0.0996. The smallest absolute Gasteiger partial charge is 0.412 e. The zero-order chi connectivity index (χ0) is 22.9. The molecule has 3 N–H and O–H groups in total. The van der Waals surface area contributed by atoms with E-state index in [1.54, 1.807) is 47.3 Å². The van der Waals surface area contributed by atoms with E-state index < -0.39 is 23.6 Å². The molecule has 0 saturated heterocycles. The van der Waals surface area contributed by atoms with E-state index in [4.69, 9.17) is 19.9 Å². The third kappa shape index (κ3) is 6.54. The van der Waals surface area contributed by atoms with E-state index >= 15 is 0 Å².